The first-order valence-electron chi connectivity index (χ1n) is 8.92. The summed E-state index contributed by atoms with van der Waals surface area (Å²) < 4.78 is 0. The van der Waals surface area contributed by atoms with Crippen LogP contribution in [0.1, 0.15) is 44.7 Å². The molecule has 1 fully saturated rings. The van der Waals surface area contributed by atoms with Crippen LogP contribution in [0.3, 0.4) is 0 Å². The average Bonchev–Trinajstić information content (AvgIpc) is 3.11. The minimum atomic E-state index is -0.0783. The standard InChI is InChI=1S/C19H26N4O/c1-3-4-10-21-19(24)14(2)23-12-9-16(13-23)17-8-7-15-6-5-11-20-18(15)22-17/h5-8,11,14,16H,3-4,9-10,12-13H2,1-2H3,(H,21,24)/t14-,16+/m1/s1. The third-order valence-electron chi connectivity index (χ3n) is 4.88. The Morgan fingerprint density at radius 3 is 3.12 bits per heavy atom. The minimum Gasteiger partial charge on any atom is -0.355 e. The molecule has 1 aliphatic heterocycles. The number of fused-ring (bicyclic) bond motifs is 1. The van der Waals surface area contributed by atoms with Crippen molar-refractivity contribution in [3.05, 3.63) is 36.2 Å². The number of nitrogens with zero attached hydrogens (tertiary/aromatic N) is 3. The van der Waals surface area contributed by atoms with Crippen LogP contribution in [0.25, 0.3) is 11.0 Å². The molecular formula is C19H26N4O. The quantitative estimate of drug-likeness (QED) is 0.829. The number of aromatic nitrogens is 2. The van der Waals surface area contributed by atoms with E-state index in [2.05, 4.69) is 34.3 Å². The summed E-state index contributed by atoms with van der Waals surface area (Å²) in [7, 11) is 0. The normalized spacial score (nSPS) is 19.5. The summed E-state index contributed by atoms with van der Waals surface area (Å²) in [5, 5.41) is 4.10. The first-order chi connectivity index (χ1) is 11.7. The van der Waals surface area contributed by atoms with Crippen LogP contribution < -0.4 is 5.32 Å². The molecule has 5 nitrogen and oxygen atoms in total. The van der Waals surface area contributed by atoms with Gasteiger partial charge >= 0.3 is 0 Å². The topological polar surface area (TPSA) is 58.1 Å². The number of unbranched alkanes of at least 4 members (excludes halogenated alkanes) is 1. The van der Waals surface area contributed by atoms with Crippen LogP contribution in [0.2, 0.25) is 0 Å². The van der Waals surface area contributed by atoms with Crippen molar-refractivity contribution in [2.45, 2.75) is 45.1 Å². The van der Waals surface area contributed by atoms with Crippen molar-refractivity contribution in [1.29, 1.82) is 0 Å². The molecule has 0 aromatic carbocycles. The molecule has 1 saturated heterocycles. The van der Waals surface area contributed by atoms with E-state index in [1.807, 2.05) is 19.1 Å². The molecule has 0 bridgehead atoms. The highest BCUT2D eigenvalue weighted by Crippen LogP contribution is 2.28. The molecule has 2 aromatic rings. The Kier molecular flexibility index (Phi) is 5.41. The lowest BCUT2D eigenvalue weighted by molar-refractivity contribution is -0.125. The Bertz CT molecular complexity index is 703. The largest absolute Gasteiger partial charge is 0.355 e. The van der Waals surface area contributed by atoms with E-state index in [1.165, 1.54) is 0 Å². The van der Waals surface area contributed by atoms with Crippen LogP contribution in [0.15, 0.2) is 30.5 Å². The van der Waals surface area contributed by atoms with Crippen molar-refractivity contribution < 1.29 is 4.79 Å². The van der Waals surface area contributed by atoms with Gasteiger partial charge in [-0.05, 0) is 50.6 Å². The van der Waals surface area contributed by atoms with Crippen LogP contribution in [0, 0.1) is 0 Å². The highest BCUT2D eigenvalue weighted by molar-refractivity contribution is 5.81. The highest BCUT2D eigenvalue weighted by atomic mass is 16.2. The smallest absolute Gasteiger partial charge is 0.237 e. The maximum absolute atomic E-state index is 12.2. The van der Waals surface area contributed by atoms with Crippen LogP contribution in [0.5, 0.6) is 0 Å². The summed E-state index contributed by atoms with van der Waals surface area (Å²) in [4.78, 5) is 23.6. The first-order valence-corrected chi connectivity index (χ1v) is 8.92. The molecule has 1 amide bonds. The molecule has 1 aliphatic rings. The Morgan fingerprint density at radius 2 is 2.29 bits per heavy atom. The zero-order valence-electron chi connectivity index (χ0n) is 14.5. The van der Waals surface area contributed by atoms with Gasteiger partial charge in [0.05, 0.1) is 6.04 Å². The SMILES string of the molecule is CCCCNC(=O)[C@@H](C)N1CC[C@H](c2ccc3cccnc3n2)C1. The zero-order valence-corrected chi connectivity index (χ0v) is 14.5. The summed E-state index contributed by atoms with van der Waals surface area (Å²) in [6, 6.07) is 8.08. The van der Waals surface area contributed by atoms with Gasteiger partial charge in [-0.2, -0.15) is 0 Å². The molecule has 1 N–H and O–H groups in total. The van der Waals surface area contributed by atoms with E-state index in [0.717, 1.165) is 55.6 Å². The van der Waals surface area contributed by atoms with E-state index in [0.29, 0.717) is 5.92 Å². The van der Waals surface area contributed by atoms with Gasteiger partial charge in [-0.1, -0.05) is 13.3 Å². The summed E-state index contributed by atoms with van der Waals surface area (Å²) in [6.45, 7) is 6.72. The predicted molar refractivity (Wildman–Crippen MR) is 95.8 cm³/mol. The van der Waals surface area contributed by atoms with Crippen molar-refractivity contribution in [3.8, 4) is 0 Å². The summed E-state index contributed by atoms with van der Waals surface area (Å²) >= 11 is 0. The van der Waals surface area contributed by atoms with Crippen LogP contribution in [0.4, 0.5) is 0 Å². The number of pyridine rings is 2. The molecule has 0 spiro atoms. The molecule has 3 rings (SSSR count). The Morgan fingerprint density at radius 1 is 1.42 bits per heavy atom. The summed E-state index contributed by atoms with van der Waals surface area (Å²) in [5.74, 6) is 0.513. The molecule has 2 aromatic heterocycles. The van der Waals surface area contributed by atoms with Crippen LogP contribution in [-0.4, -0.2) is 46.5 Å². The van der Waals surface area contributed by atoms with Gasteiger partial charge in [0.1, 0.15) is 0 Å². The number of nitrogens with one attached hydrogen (secondary N) is 1. The maximum Gasteiger partial charge on any atom is 0.237 e. The molecular weight excluding hydrogens is 300 g/mol. The molecule has 0 aliphatic carbocycles. The second-order valence-electron chi connectivity index (χ2n) is 6.59. The Balaban J connectivity index is 1.62. The van der Waals surface area contributed by atoms with E-state index in [9.17, 15) is 4.79 Å². The van der Waals surface area contributed by atoms with Gasteiger partial charge in [0.25, 0.3) is 0 Å². The summed E-state index contributed by atoms with van der Waals surface area (Å²) in [5.41, 5.74) is 1.89. The van der Waals surface area contributed by atoms with Gasteiger partial charge in [0, 0.05) is 36.3 Å². The molecule has 5 heteroatoms. The highest BCUT2D eigenvalue weighted by Gasteiger charge is 2.30. The minimum absolute atomic E-state index is 0.0783. The fourth-order valence-corrected chi connectivity index (χ4v) is 3.28. The van der Waals surface area contributed by atoms with Gasteiger partial charge in [-0.3, -0.25) is 9.69 Å². The third kappa shape index (κ3) is 3.73. The van der Waals surface area contributed by atoms with E-state index in [-0.39, 0.29) is 11.9 Å². The van der Waals surface area contributed by atoms with Crippen LogP contribution in [-0.2, 0) is 4.79 Å². The number of hydrogen-bond acceptors (Lipinski definition) is 4. The lowest BCUT2D eigenvalue weighted by Crippen LogP contribution is -2.44. The van der Waals surface area contributed by atoms with Gasteiger partial charge < -0.3 is 5.32 Å². The van der Waals surface area contributed by atoms with E-state index >= 15 is 0 Å². The zero-order chi connectivity index (χ0) is 16.9. The van der Waals surface area contributed by atoms with Gasteiger partial charge in [0.2, 0.25) is 5.91 Å². The maximum atomic E-state index is 12.2. The molecule has 3 heterocycles. The molecule has 2 atom stereocenters. The van der Waals surface area contributed by atoms with E-state index < -0.39 is 0 Å². The number of likely N-dealkylation sites (tertiary alicyclic amines) is 1. The number of hydrogen-bond donors (Lipinski definition) is 1. The average molecular weight is 326 g/mol. The second-order valence-corrected chi connectivity index (χ2v) is 6.59. The van der Waals surface area contributed by atoms with Crippen molar-refractivity contribution in [2.24, 2.45) is 0 Å². The Labute approximate surface area is 143 Å². The third-order valence-corrected chi connectivity index (χ3v) is 4.88. The molecule has 24 heavy (non-hydrogen) atoms. The second kappa shape index (κ2) is 7.71. The monoisotopic (exact) mass is 326 g/mol. The Hall–Kier alpha value is -2.01. The number of amides is 1. The lowest BCUT2D eigenvalue weighted by Gasteiger charge is -2.23. The molecule has 0 unspecified atom stereocenters. The van der Waals surface area contributed by atoms with Crippen molar-refractivity contribution in [3.63, 3.8) is 0 Å². The molecule has 0 saturated carbocycles. The lowest BCUT2D eigenvalue weighted by atomic mass is 10.0. The van der Waals surface area contributed by atoms with Gasteiger partial charge in [0.15, 0.2) is 5.65 Å². The molecule has 128 valence electrons. The van der Waals surface area contributed by atoms with Gasteiger partial charge in [-0.25, -0.2) is 9.97 Å². The predicted octanol–water partition coefficient (Wildman–Crippen LogP) is 2.72. The van der Waals surface area contributed by atoms with E-state index in [4.69, 9.17) is 4.98 Å². The van der Waals surface area contributed by atoms with Gasteiger partial charge in [-0.15, -0.1) is 0 Å². The van der Waals surface area contributed by atoms with Crippen molar-refractivity contribution in [2.75, 3.05) is 19.6 Å². The molecule has 0 radical (unpaired) electrons. The van der Waals surface area contributed by atoms with Crippen molar-refractivity contribution >= 4 is 16.9 Å². The van der Waals surface area contributed by atoms with E-state index in [1.54, 1.807) is 6.20 Å². The first kappa shape index (κ1) is 16.8. The number of rotatable bonds is 6. The fourth-order valence-electron chi connectivity index (χ4n) is 3.28. The fraction of sp³-hybridized carbons (Fsp3) is 0.526. The van der Waals surface area contributed by atoms with Crippen molar-refractivity contribution in [1.82, 2.24) is 20.2 Å². The number of carbonyl (C=O) groups excluding carboxylic acids is 1. The number of carbonyl (C=O) groups is 1. The summed E-state index contributed by atoms with van der Waals surface area (Å²) in [6.07, 6.45) is 4.96. The van der Waals surface area contributed by atoms with Crippen LogP contribution >= 0.6 is 0 Å².